The molecule has 1 aromatic heterocycles. The molecule has 1 unspecified atom stereocenters. The minimum Gasteiger partial charge on any atom is -0.477 e. The van der Waals surface area contributed by atoms with Crippen LogP contribution in [0.1, 0.15) is 33.3 Å². The summed E-state index contributed by atoms with van der Waals surface area (Å²) >= 11 is 3.20. The van der Waals surface area contributed by atoms with Crippen LogP contribution in [0.4, 0.5) is 0 Å². The lowest BCUT2D eigenvalue weighted by molar-refractivity contribution is 0.0701. The second kappa shape index (κ2) is 5.16. The fraction of sp³-hybridized carbons (Fsp3) is 0.600. The van der Waals surface area contributed by atoms with Crippen LogP contribution in [-0.4, -0.2) is 34.1 Å². The number of hydrogen-bond donors (Lipinski definition) is 2. The molecule has 0 radical (unpaired) electrons. The van der Waals surface area contributed by atoms with Gasteiger partial charge in [0.2, 0.25) is 0 Å². The highest BCUT2D eigenvalue weighted by molar-refractivity contribution is 7.99. The number of carbonyl (C=O) groups is 1. The van der Waals surface area contributed by atoms with Gasteiger partial charge in [0, 0.05) is 18.1 Å². The van der Waals surface area contributed by atoms with Crippen LogP contribution in [0.5, 0.6) is 0 Å². The molecular formula is C10H14N2O2S2. The van der Waals surface area contributed by atoms with Crippen molar-refractivity contribution in [1.82, 2.24) is 10.3 Å². The first kappa shape index (κ1) is 11.9. The second-order valence-corrected chi connectivity index (χ2v) is 5.75. The van der Waals surface area contributed by atoms with Gasteiger partial charge in [-0.3, -0.25) is 0 Å². The number of nitrogens with one attached hydrogen (secondary N) is 1. The van der Waals surface area contributed by atoms with E-state index in [-0.39, 0.29) is 6.04 Å². The lowest BCUT2D eigenvalue weighted by Crippen LogP contribution is -2.30. The third kappa shape index (κ3) is 2.39. The zero-order chi connectivity index (χ0) is 11.5. The van der Waals surface area contributed by atoms with Crippen LogP contribution in [-0.2, 0) is 6.42 Å². The highest BCUT2D eigenvalue weighted by atomic mass is 32.2. The Bertz CT molecular complexity index is 386. The molecule has 1 aliphatic rings. The summed E-state index contributed by atoms with van der Waals surface area (Å²) in [6.45, 7) is 2.91. The first-order chi connectivity index (χ1) is 7.72. The van der Waals surface area contributed by atoms with E-state index in [1.807, 2.05) is 18.7 Å². The van der Waals surface area contributed by atoms with Gasteiger partial charge in [0.15, 0.2) is 0 Å². The zero-order valence-corrected chi connectivity index (χ0v) is 10.7. The number of carboxylic acids is 1. The first-order valence-corrected chi connectivity index (χ1v) is 7.23. The Morgan fingerprint density at radius 2 is 2.50 bits per heavy atom. The van der Waals surface area contributed by atoms with E-state index in [2.05, 4.69) is 10.3 Å². The lowest BCUT2D eigenvalue weighted by atomic mass is 10.3. The summed E-state index contributed by atoms with van der Waals surface area (Å²) in [4.78, 5) is 15.9. The topological polar surface area (TPSA) is 62.2 Å². The second-order valence-electron chi connectivity index (χ2n) is 3.57. The summed E-state index contributed by atoms with van der Waals surface area (Å²) in [5.41, 5.74) is 0.713. The molecule has 0 spiro atoms. The van der Waals surface area contributed by atoms with Crippen LogP contribution in [0.3, 0.4) is 0 Å². The molecule has 1 aliphatic heterocycles. The number of aromatic nitrogens is 1. The Morgan fingerprint density at radius 3 is 3.00 bits per heavy atom. The lowest BCUT2D eigenvalue weighted by Gasteiger charge is -2.20. The third-order valence-corrected chi connectivity index (χ3v) is 4.72. The van der Waals surface area contributed by atoms with Gasteiger partial charge >= 0.3 is 5.97 Å². The fourth-order valence-corrected chi connectivity index (χ4v) is 3.76. The van der Waals surface area contributed by atoms with Crippen molar-refractivity contribution in [3.8, 4) is 0 Å². The van der Waals surface area contributed by atoms with Gasteiger partial charge in [-0.2, -0.15) is 11.8 Å². The van der Waals surface area contributed by atoms with Gasteiger partial charge in [-0.05, 0) is 6.42 Å². The maximum atomic E-state index is 11.0. The summed E-state index contributed by atoms with van der Waals surface area (Å²) in [5, 5.41) is 13.3. The van der Waals surface area contributed by atoms with Crippen LogP contribution >= 0.6 is 23.1 Å². The van der Waals surface area contributed by atoms with Crippen molar-refractivity contribution in [3.63, 3.8) is 0 Å². The monoisotopic (exact) mass is 258 g/mol. The van der Waals surface area contributed by atoms with E-state index in [1.165, 1.54) is 11.3 Å². The number of aryl methyl sites for hydroxylation is 1. The van der Waals surface area contributed by atoms with Crippen molar-refractivity contribution >= 4 is 29.1 Å². The number of hydrogen-bond acceptors (Lipinski definition) is 5. The Morgan fingerprint density at radius 1 is 1.69 bits per heavy atom. The van der Waals surface area contributed by atoms with Crippen molar-refractivity contribution in [3.05, 3.63) is 15.6 Å². The summed E-state index contributed by atoms with van der Waals surface area (Å²) < 4.78 is 0. The van der Waals surface area contributed by atoms with Crippen molar-refractivity contribution in [2.45, 2.75) is 19.4 Å². The van der Waals surface area contributed by atoms with E-state index in [4.69, 9.17) is 5.11 Å². The number of nitrogens with zero attached hydrogens (tertiary/aromatic N) is 1. The van der Waals surface area contributed by atoms with Crippen LogP contribution in [0, 0.1) is 0 Å². The van der Waals surface area contributed by atoms with Crippen LogP contribution in [0.25, 0.3) is 0 Å². The van der Waals surface area contributed by atoms with Crippen molar-refractivity contribution in [2.24, 2.45) is 0 Å². The average molecular weight is 258 g/mol. The average Bonchev–Trinajstić information content (AvgIpc) is 2.74. The molecule has 1 saturated heterocycles. The summed E-state index contributed by atoms with van der Waals surface area (Å²) in [7, 11) is 0. The number of aromatic carboxylic acids is 1. The Hall–Kier alpha value is -0.590. The zero-order valence-electron chi connectivity index (χ0n) is 9.02. The highest BCUT2D eigenvalue weighted by Crippen LogP contribution is 2.28. The molecule has 2 rings (SSSR count). The molecule has 4 nitrogen and oxygen atoms in total. The molecule has 0 aliphatic carbocycles. The Labute approximate surface area is 102 Å². The molecule has 6 heteroatoms. The summed E-state index contributed by atoms with van der Waals surface area (Å²) in [5.74, 6) is 1.24. The van der Waals surface area contributed by atoms with E-state index in [9.17, 15) is 4.79 Å². The summed E-state index contributed by atoms with van der Waals surface area (Å²) in [6, 6.07) is 0.224. The minimum absolute atomic E-state index is 0.224. The largest absolute Gasteiger partial charge is 0.477 e. The molecule has 16 heavy (non-hydrogen) atoms. The van der Waals surface area contributed by atoms with Gasteiger partial charge in [0.05, 0.1) is 11.7 Å². The normalized spacial score (nSPS) is 20.9. The van der Waals surface area contributed by atoms with Gasteiger partial charge < -0.3 is 10.4 Å². The molecule has 0 saturated carbocycles. The van der Waals surface area contributed by atoms with E-state index in [0.717, 1.165) is 23.1 Å². The SMILES string of the molecule is CCc1nc(C2CSCCN2)sc1C(=O)O. The first-order valence-electron chi connectivity index (χ1n) is 5.26. The molecular weight excluding hydrogens is 244 g/mol. The van der Waals surface area contributed by atoms with E-state index >= 15 is 0 Å². The highest BCUT2D eigenvalue weighted by Gasteiger charge is 2.23. The molecule has 1 atom stereocenters. The number of thiazole rings is 1. The van der Waals surface area contributed by atoms with Crippen LogP contribution < -0.4 is 5.32 Å². The molecule has 88 valence electrons. The minimum atomic E-state index is -0.857. The maximum Gasteiger partial charge on any atom is 0.347 e. The standard InChI is InChI=1S/C10H14N2O2S2/c1-2-6-8(10(13)14)16-9(12-6)7-5-15-4-3-11-7/h7,11H,2-5H2,1H3,(H,13,14). The maximum absolute atomic E-state index is 11.0. The fourth-order valence-electron chi connectivity index (χ4n) is 1.65. The molecule has 2 N–H and O–H groups in total. The third-order valence-electron chi connectivity index (χ3n) is 2.46. The van der Waals surface area contributed by atoms with Crippen LogP contribution in [0.15, 0.2) is 0 Å². The van der Waals surface area contributed by atoms with E-state index in [1.54, 1.807) is 0 Å². The quantitative estimate of drug-likeness (QED) is 0.865. The van der Waals surface area contributed by atoms with E-state index < -0.39 is 5.97 Å². The van der Waals surface area contributed by atoms with Gasteiger partial charge in [-0.15, -0.1) is 11.3 Å². The number of thioether (sulfide) groups is 1. The van der Waals surface area contributed by atoms with Gasteiger partial charge in [0.1, 0.15) is 9.88 Å². The molecule has 0 amide bonds. The molecule has 0 aromatic carbocycles. The molecule has 1 aromatic rings. The molecule has 2 heterocycles. The Kier molecular flexibility index (Phi) is 3.83. The number of rotatable bonds is 3. The van der Waals surface area contributed by atoms with Gasteiger partial charge in [0.25, 0.3) is 0 Å². The predicted octanol–water partition coefficient (Wildman–Crippen LogP) is 1.78. The van der Waals surface area contributed by atoms with Crippen molar-refractivity contribution in [1.29, 1.82) is 0 Å². The number of carboxylic acid groups (broad SMARTS) is 1. The van der Waals surface area contributed by atoms with Crippen molar-refractivity contribution in [2.75, 3.05) is 18.1 Å². The van der Waals surface area contributed by atoms with Crippen molar-refractivity contribution < 1.29 is 9.90 Å². The van der Waals surface area contributed by atoms with Gasteiger partial charge in [-0.1, -0.05) is 6.92 Å². The molecule has 1 fully saturated rings. The molecule has 0 bridgehead atoms. The summed E-state index contributed by atoms with van der Waals surface area (Å²) in [6.07, 6.45) is 0.679. The predicted molar refractivity (Wildman–Crippen MR) is 66.5 cm³/mol. The Balaban J connectivity index is 2.24. The van der Waals surface area contributed by atoms with E-state index in [0.29, 0.717) is 17.0 Å². The van der Waals surface area contributed by atoms with Crippen LogP contribution in [0.2, 0.25) is 0 Å². The van der Waals surface area contributed by atoms with Gasteiger partial charge in [-0.25, -0.2) is 9.78 Å². The smallest absolute Gasteiger partial charge is 0.347 e.